The van der Waals surface area contributed by atoms with Gasteiger partial charge < -0.3 is 10.6 Å². The molecule has 0 aliphatic rings. The summed E-state index contributed by atoms with van der Waals surface area (Å²) in [5.41, 5.74) is 6.60. The van der Waals surface area contributed by atoms with Crippen molar-refractivity contribution >= 4 is 16.5 Å². The molecule has 1 heterocycles. The third-order valence-electron chi connectivity index (χ3n) is 2.58. The molecule has 0 radical (unpaired) electrons. The van der Waals surface area contributed by atoms with Crippen molar-refractivity contribution in [2.24, 2.45) is 5.73 Å². The van der Waals surface area contributed by atoms with E-state index in [1.54, 1.807) is 11.3 Å². The Bertz CT molecular complexity index is 278. The van der Waals surface area contributed by atoms with Gasteiger partial charge in [0.05, 0.1) is 5.69 Å². The smallest absolute Gasteiger partial charge is 0.185 e. The molecule has 0 spiro atoms. The maximum Gasteiger partial charge on any atom is 0.185 e. The number of thiazole rings is 1. The van der Waals surface area contributed by atoms with Gasteiger partial charge in [0.15, 0.2) is 5.13 Å². The average Bonchev–Trinajstić information content (AvgIpc) is 2.78. The van der Waals surface area contributed by atoms with Gasteiger partial charge in [-0.2, -0.15) is 0 Å². The van der Waals surface area contributed by atoms with Gasteiger partial charge in [-0.3, -0.25) is 0 Å². The van der Waals surface area contributed by atoms with Crippen LogP contribution in [0.2, 0.25) is 0 Å². The van der Waals surface area contributed by atoms with Crippen molar-refractivity contribution in [3.05, 3.63) is 11.1 Å². The van der Waals surface area contributed by atoms with Crippen LogP contribution in [0.3, 0.4) is 0 Å². The Morgan fingerprint density at radius 3 is 2.31 bits per heavy atom. The Morgan fingerprint density at radius 1 is 1.25 bits per heavy atom. The van der Waals surface area contributed by atoms with Crippen LogP contribution in [-0.4, -0.2) is 18.1 Å². The van der Waals surface area contributed by atoms with E-state index in [9.17, 15) is 0 Å². The zero-order valence-corrected chi connectivity index (χ0v) is 11.2. The predicted octanol–water partition coefficient (Wildman–Crippen LogP) is 3.01. The highest BCUT2D eigenvalue weighted by atomic mass is 32.1. The number of rotatable bonds is 8. The lowest BCUT2D eigenvalue weighted by Crippen LogP contribution is -2.25. The summed E-state index contributed by atoms with van der Waals surface area (Å²) in [5, 5.41) is 3.21. The molecule has 92 valence electrons. The van der Waals surface area contributed by atoms with Crippen molar-refractivity contribution in [3.8, 4) is 0 Å². The lowest BCUT2D eigenvalue weighted by molar-refractivity contribution is 0.675. The van der Waals surface area contributed by atoms with Gasteiger partial charge in [0.2, 0.25) is 0 Å². The first-order valence-electron chi connectivity index (χ1n) is 6.21. The van der Waals surface area contributed by atoms with Gasteiger partial charge in [-0.25, -0.2) is 4.98 Å². The van der Waals surface area contributed by atoms with Crippen LogP contribution in [0.4, 0.5) is 5.13 Å². The second-order valence-corrected chi connectivity index (χ2v) is 4.86. The SMILES string of the molecule is CCCCN(CCCC)c1nc(CN)cs1. The van der Waals surface area contributed by atoms with Crippen LogP contribution >= 0.6 is 11.3 Å². The Labute approximate surface area is 103 Å². The molecule has 16 heavy (non-hydrogen) atoms. The number of hydrogen-bond donors (Lipinski definition) is 1. The lowest BCUT2D eigenvalue weighted by Gasteiger charge is -2.21. The topological polar surface area (TPSA) is 42.2 Å². The van der Waals surface area contributed by atoms with Gasteiger partial charge in [-0.05, 0) is 12.8 Å². The number of aromatic nitrogens is 1. The molecule has 0 aliphatic carbocycles. The lowest BCUT2D eigenvalue weighted by atomic mass is 10.3. The molecule has 0 aliphatic heterocycles. The van der Waals surface area contributed by atoms with E-state index in [0.717, 1.165) is 23.9 Å². The molecule has 1 aromatic heterocycles. The van der Waals surface area contributed by atoms with E-state index in [2.05, 4.69) is 29.1 Å². The minimum absolute atomic E-state index is 0.548. The predicted molar refractivity (Wildman–Crippen MR) is 72.0 cm³/mol. The van der Waals surface area contributed by atoms with Crippen LogP contribution in [0.1, 0.15) is 45.2 Å². The Kier molecular flexibility index (Phi) is 6.42. The highest BCUT2D eigenvalue weighted by Crippen LogP contribution is 2.21. The van der Waals surface area contributed by atoms with Crippen LogP contribution in [0.15, 0.2) is 5.38 Å². The largest absolute Gasteiger partial charge is 0.348 e. The summed E-state index contributed by atoms with van der Waals surface area (Å²) < 4.78 is 0. The number of anilines is 1. The molecule has 0 fully saturated rings. The van der Waals surface area contributed by atoms with Gasteiger partial charge in [0, 0.05) is 25.0 Å². The maximum atomic E-state index is 5.59. The zero-order valence-electron chi connectivity index (χ0n) is 10.4. The van der Waals surface area contributed by atoms with E-state index in [4.69, 9.17) is 5.73 Å². The molecule has 3 nitrogen and oxygen atoms in total. The summed E-state index contributed by atoms with van der Waals surface area (Å²) in [5.74, 6) is 0. The fourth-order valence-corrected chi connectivity index (χ4v) is 2.43. The molecule has 0 atom stereocenters. The van der Waals surface area contributed by atoms with Crippen molar-refractivity contribution in [2.45, 2.75) is 46.1 Å². The second-order valence-electron chi connectivity index (χ2n) is 4.02. The monoisotopic (exact) mass is 241 g/mol. The van der Waals surface area contributed by atoms with E-state index in [0.29, 0.717) is 6.54 Å². The van der Waals surface area contributed by atoms with Crippen molar-refractivity contribution in [1.82, 2.24) is 4.98 Å². The fraction of sp³-hybridized carbons (Fsp3) is 0.750. The highest BCUT2D eigenvalue weighted by Gasteiger charge is 2.09. The third kappa shape index (κ3) is 4.10. The molecular formula is C12H23N3S. The van der Waals surface area contributed by atoms with E-state index < -0.39 is 0 Å². The summed E-state index contributed by atoms with van der Waals surface area (Å²) in [4.78, 5) is 6.95. The Hall–Kier alpha value is -0.610. The third-order valence-corrected chi connectivity index (χ3v) is 3.53. The van der Waals surface area contributed by atoms with Crippen LogP contribution in [0, 0.1) is 0 Å². The molecule has 2 N–H and O–H groups in total. The van der Waals surface area contributed by atoms with Crippen molar-refractivity contribution in [3.63, 3.8) is 0 Å². The van der Waals surface area contributed by atoms with Gasteiger partial charge >= 0.3 is 0 Å². The fourth-order valence-electron chi connectivity index (χ4n) is 1.54. The minimum Gasteiger partial charge on any atom is -0.348 e. The van der Waals surface area contributed by atoms with Crippen molar-refractivity contribution < 1.29 is 0 Å². The highest BCUT2D eigenvalue weighted by molar-refractivity contribution is 7.13. The van der Waals surface area contributed by atoms with Crippen LogP contribution in [0.5, 0.6) is 0 Å². The Morgan fingerprint density at radius 2 is 1.88 bits per heavy atom. The van der Waals surface area contributed by atoms with Crippen LogP contribution in [0.25, 0.3) is 0 Å². The maximum absolute atomic E-state index is 5.59. The van der Waals surface area contributed by atoms with Crippen molar-refractivity contribution in [1.29, 1.82) is 0 Å². The molecule has 1 aromatic rings. The normalized spacial score (nSPS) is 10.7. The van der Waals surface area contributed by atoms with Crippen LogP contribution in [-0.2, 0) is 6.54 Å². The number of unbranched alkanes of at least 4 members (excludes halogenated alkanes) is 2. The van der Waals surface area contributed by atoms with E-state index in [-0.39, 0.29) is 0 Å². The summed E-state index contributed by atoms with van der Waals surface area (Å²) in [6, 6.07) is 0. The van der Waals surface area contributed by atoms with E-state index >= 15 is 0 Å². The van der Waals surface area contributed by atoms with Gasteiger partial charge in [-0.1, -0.05) is 26.7 Å². The molecule has 0 saturated heterocycles. The van der Waals surface area contributed by atoms with Crippen LogP contribution < -0.4 is 10.6 Å². The van der Waals surface area contributed by atoms with Gasteiger partial charge in [0.25, 0.3) is 0 Å². The van der Waals surface area contributed by atoms with Gasteiger partial charge in [0.1, 0.15) is 0 Å². The second kappa shape index (κ2) is 7.63. The molecule has 0 aromatic carbocycles. The first-order valence-corrected chi connectivity index (χ1v) is 7.09. The molecule has 1 rings (SSSR count). The summed E-state index contributed by atoms with van der Waals surface area (Å²) in [6.07, 6.45) is 4.94. The molecule has 0 saturated carbocycles. The zero-order chi connectivity index (χ0) is 11.8. The molecule has 0 unspecified atom stereocenters. The molecular weight excluding hydrogens is 218 g/mol. The molecule has 4 heteroatoms. The number of hydrogen-bond acceptors (Lipinski definition) is 4. The van der Waals surface area contributed by atoms with E-state index in [1.165, 1.54) is 25.7 Å². The Balaban J connectivity index is 2.58. The molecule has 0 bridgehead atoms. The number of nitrogens with zero attached hydrogens (tertiary/aromatic N) is 2. The van der Waals surface area contributed by atoms with Crippen molar-refractivity contribution in [2.75, 3.05) is 18.0 Å². The van der Waals surface area contributed by atoms with E-state index in [1.807, 2.05) is 0 Å². The number of nitrogens with two attached hydrogens (primary N) is 1. The summed E-state index contributed by atoms with van der Waals surface area (Å²) in [6.45, 7) is 7.24. The first-order chi connectivity index (χ1) is 7.81. The quantitative estimate of drug-likeness (QED) is 0.760. The van der Waals surface area contributed by atoms with Gasteiger partial charge in [-0.15, -0.1) is 11.3 Å². The summed E-state index contributed by atoms with van der Waals surface area (Å²) >= 11 is 1.72. The average molecular weight is 241 g/mol. The standard InChI is InChI=1S/C12H23N3S/c1-3-5-7-15(8-6-4-2)12-14-11(9-13)10-16-12/h10H,3-9,13H2,1-2H3. The molecule has 0 amide bonds. The minimum atomic E-state index is 0.548. The first kappa shape index (κ1) is 13.5. The summed E-state index contributed by atoms with van der Waals surface area (Å²) in [7, 11) is 0.